The Morgan fingerprint density at radius 1 is 0.857 bits per heavy atom. The Hall–Kier alpha value is -4.40. The first kappa shape index (κ1) is 23.7. The van der Waals surface area contributed by atoms with Crippen molar-refractivity contribution < 1.29 is 38.1 Å². The van der Waals surface area contributed by atoms with E-state index in [4.69, 9.17) is 18.9 Å². The number of hydrogen-bond donors (Lipinski definition) is 0. The molecule has 0 bridgehead atoms. The van der Waals surface area contributed by atoms with E-state index in [1.165, 1.54) is 37.3 Å². The summed E-state index contributed by atoms with van der Waals surface area (Å²) in [5.74, 6) is -3.02. The Balaban J connectivity index is 2.13. The van der Waals surface area contributed by atoms with E-state index in [-0.39, 0.29) is 28.1 Å². The summed E-state index contributed by atoms with van der Waals surface area (Å²) in [6.07, 6.45) is 1.30. The second-order valence-electron chi connectivity index (χ2n) is 7.95. The highest BCUT2D eigenvalue weighted by molar-refractivity contribution is 6.35. The van der Waals surface area contributed by atoms with Gasteiger partial charge in [-0.2, -0.15) is 0 Å². The molecule has 0 spiro atoms. The number of hydrogen-bond acceptors (Lipinski definition) is 8. The van der Waals surface area contributed by atoms with E-state index in [0.717, 1.165) is 19.8 Å². The number of ether oxygens (including phenoxy) is 4. The second-order valence-corrected chi connectivity index (χ2v) is 7.95. The van der Waals surface area contributed by atoms with Crippen molar-refractivity contribution in [3.8, 4) is 5.75 Å². The number of anilines is 1. The molecule has 0 radical (unpaired) electrons. The summed E-state index contributed by atoms with van der Waals surface area (Å²) in [6.45, 7) is 1.90. The predicted molar refractivity (Wildman–Crippen MR) is 124 cm³/mol. The van der Waals surface area contributed by atoms with E-state index in [9.17, 15) is 19.2 Å². The lowest BCUT2D eigenvalue weighted by atomic mass is 9.75. The summed E-state index contributed by atoms with van der Waals surface area (Å²) >= 11 is 0. The molecule has 1 amide bonds. The lowest BCUT2D eigenvalue weighted by Gasteiger charge is -2.36. The highest BCUT2D eigenvalue weighted by Gasteiger charge is 2.57. The Kier molecular flexibility index (Phi) is 5.94. The van der Waals surface area contributed by atoms with Gasteiger partial charge in [-0.1, -0.05) is 29.8 Å². The van der Waals surface area contributed by atoms with Gasteiger partial charge in [-0.25, -0.2) is 4.79 Å². The first-order chi connectivity index (χ1) is 16.7. The third kappa shape index (κ3) is 3.39. The van der Waals surface area contributed by atoms with Gasteiger partial charge in [0, 0.05) is 11.1 Å². The summed E-state index contributed by atoms with van der Waals surface area (Å²) in [5, 5.41) is 0. The summed E-state index contributed by atoms with van der Waals surface area (Å²) in [4.78, 5) is 54.3. The van der Waals surface area contributed by atoms with E-state index in [1.54, 1.807) is 18.2 Å². The fraction of sp³-hybridized carbons (Fsp3) is 0.231. The summed E-state index contributed by atoms with van der Waals surface area (Å²) in [6, 6.07) is 11.7. The van der Waals surface area contributed by atoms with Gasteiger partial charge in [-0.15, -0.1) is 0 Å². The van der Waals surface area contributed by atoms with Crippen LogP contribution in [0.3, 0.4) is 0 Å². The molecule has 2 aromatic carbocycles. The molecule has 9 heteroatoms. The van der Waals surface area contributed by atoms with Crippen LogP contribution in [0, 0.1) is 6.92 Å². The van der Waals surface area contributed by atoms with Gasteiger partial charge in [-0.3, -0.25) is 19.3 Å². The van der Waals surface area contributed by atoms with Crippen LogP contribution in [0.15, 0.2) is 59.8 Å². The van der Waals surface area contributed by atoms with Gasteiger partial charge in [0.05, 0.1) is 39.8 Å². The normalized spacial score (nSPS) is 15.6. The van der Waals surface area contributed by atoms with Crippen molar-refractivity contribution >= 4 is 35.1 Å². The van der Waals surface area contributed by atoms with Crippen LogP contribution in [0.25, 0.3) is 5.57 Å². The lowest BCUT2D eigenvalue weighted by molar-refractivity contribution is -0.159. The van der Waals surface area contributed by atoms with E-state index >= 15 is 0 Å². The van der Waals surface area contributed by atoms with Gasteiger partial charge >= 0.3 is 17.9 Å². The number of benzene rings is 2. The van der Waals surface area contributed by atoms with E-state index in [1.807, 2.05) is 19.1 Å². The Labute approximate surface area is 201 Å². The number of rotatable bonds is 5. The van der Waals surface area contributed by atoms with Crippen LogP contribution < -0.4 is 9.64 Å². The lowest BCUT2D eigenvalue weighted by Crippen LogP contribution is -2.48. The molecule has 180 valence electrons. The van der Waals surface area contributed by atoms with Gasteiger partial charge in [0.25, 0.3) is 5.91 Å². The number of carbonyl (C=O) groups is 4. The number of fused-ring (bicyclic) bond motifs is 3. The summed E-state index contributed by atoms with van der Waals surface area (Å²) in [7, 11) is 4.90. The highest BCUT2D eigenvalue weighted by atomic mass is 16.5. The highest BCUT2D eigenvalue weighted by Crippen LogP contribution is 2.51. The fourth-order valence-corrected chi connectivity index (χ4v) is 4.43. The standard InChI is InChI=1S/C26H23NO8/c1-14-6-8-15(9-7-14)20-19-13-26(24(30)34-4,25(31)35-5)17-12-16(32-2)10-11-18(17)27(19)22(28)21(20)23(29)33-3/h6-13H,1-5H3. The van der Waals surface area contributed by atoms with Gasteiger partial charge in [0.15, 0.2) is 0 Å². The number of methoxy groups -OCH3 is 4. The molecular formula is C26H23NO8. The fourth-order valence-electron chi connectivity index (χ4n) is 4.43. The van der Waals surface area contributed by atoms with Crippen LogP contribution in [0.4, 0.5) is 5.69 Å². The molecule has 0 unspecified atom stereocenters. The van der Waals surface area contributed by atoms with Crippen molar-refractivity contribution in [2.75, 3.05) is 33.3 Å². The molecule has 0 aromatic heterocycles. The molecule has 2 aliphatic heterocycles. The van der Waals surface area contributed by atoms with E-state index in [0.29, 0.717) is 11.3 Å². The van der Waals surface area contributed by atoms with Crippen molar-refractivity contribution in [2.24, 2.45) is 0 Å². The van der Waals surface area contributed by atoms with Crippen molar-refractivity contribution in [1.82, 2.24) is 0 Å². The molecule has 0 saturated carbocycles. The van der Waals surface area contributed by atoms with Gasteiger partial charge in [-0.05, 0) is 36.8 Å². The van der Waals surface area contributed by atoms with Crippen molar-refractivity contribution in [2.45, 2.75) is 12.3 Å². The number of esters is 3. The Bertz CT molecular complexity index is 1300. The molecule has 0 atom stereocenters. The minimum atomic E-state index is -2.07. The molecular weight excluding hydrogens is 454 g/mol. The van der Waals surface area contributed by atoms with Crippen LogP contribution >= 0.6 is 0 Å². The van der Waals surface area contributed by atoms with Crippen LogP contribution in [-0.4, -0.2) is 52.3 Å². The van der Waals surface area contributed by atoms with Crippen LogP contribution in [0.2, 0.25) is 0 Å². The maximum atomic E-state index is 13.7. The minimum absolute atomic E-state index is 0.113. The number of nitrogens with zero attached hydrogens (tertiary/aromatic N) is 1. The average molecular weight is 477 g/mol. The quantitative estimate of drug-likeness (QED) is 0.280. The van der Waals surface area contributed by atoms with Crippen LogP contribution in [0.1, 0.15) is 16.7 Å². The summed E-state index contributed by atoms with van der Waals surface area (Å²) in [5.41, 5.74) is -0.110. The molecule has 0 saturated heterocycles. The maximum Gasteiger partial charge on any atom is 0.344 e. The smallest absolute Gasteiger partial charge is 0.344 e. The molecule has 4 rings (SSSR count). The van der Waals surface area contributed by atoms with Crippen LogP contribution in [0.5, 0.6) is 5.75 Å². The van der Waals surface area contributed by atoms with Crippen molar-refractivity contribution in [3.63, 3.8) is 0 Å². The number of aryl methyl sites for hydroxylation is 1. The maximum absolute atomic E-state index is 13.7. The van der Waals surface area contributed by atoms with Gasteiger partial charge in [0.1, 0.15) is 11.3 Å². The van der Waals surface area contributed by atoms with Gasteiger partial charge < -0.3 is 18.9 Å². The number of amides is 1. The van der Waals surface area contributed by atoms with Crippen molar-refractivity contribution in [3.05, 3.63) is 76.5 Å². The van der Waals surface area contributed by atoms with Crippen molar-refractivity contribution in [1.29, 1.82) is 0 Å². The first-order valence-corrected chi connectivity index (χ1v) is 10.6. The zero-order chi connectivity index (χ0) is 25.5. The molecule has 0 aliphatic carbocycles. The second kappa shape index (κ2) is 8.75. The van der Waals surface area contributed by atoms with E-state index in [2.05, 4.69) is 0 Å². The zero-order valence-electron chi connectivity index (χ0n) is 19.8. The molecule has 9 nitrogen and oxygen atoms in total. The number of allylic oxidation sites excluding steroid dienone is 1. The average Bonchev–Trinajstić information content (AvgIpc) is 3.18. The zero-order valence-corrected chi connectivity index (χ0v) is 19.8. The third-order valence-corrected chi connectivity index (χ3v) is 6.13. The molecule has 2 aromatic rings. The molecule has 2 heterocycles. The minimum Gasteiger partial charge on any atom is -0.497 e. The Morgan fingerprint density at radius 3 is 2.03 bits per heavy atom. The molecule has 0 fully saturated rings. The molecule has 2 aliphatic rings. The third-order valence-electron chi connectivity index (χ3n) is 6.13. The molecule has 35 heavy (non-hydrogen) atoms. The Morgan fingerprint density at radius 2 is 1.49 bits per heavy atom. The topological polar surface area (TPSA) is 108 Å². The van der Waals surface area contributed by atoms with Crippen LogP contribution in [-0.2, 0) is 38.8 Å². The SMILES string of the molecule is COC(=O)C1=C(c2ccc(C)cc2)C2=CC(C(=O)OC)(C(=O)OC)c3cc(OC)ccc3N2C1=O. The van der Waals surface area contributed by atoms with E-state index < -0.39 is 29.2 Å². The predicted octanol–water partition coefficient (Wildman–Crippen LogP) is 2.46. The number of carbonyl (C=O) groups excluding carboxylic acids is 4. The monoisotopic (exact) mass is 477 g/mol. The van der Waals surface area contributed by atoms with Gasteiger partial charge in [0.2, 0.25) is 5.41 Å². The largest absolute Gasteiger partial charge is 0.497 e. The summed E-state index contributed by atoms with van der Waals surface area (Å²) < 4.78 is 20.3. The molecule has 0 N–H and O–H groups in total. The first-order valence-electron chi connectivity index (χ1n) is 10.6.